The Kier molecular flexibility index (Phi) is 6.11. The number of benzene rings is 2. The van der Waals surface area contributed by atoms with E-state index < -0.39 is 0 Å². The highest BCUT2D eigenvalue weighted by Gasteiger charge is 2.22. The third kappa shape index (κ3) is 4.29. The predicted octanol–water partition coefficient (Wildman–Crippen LogP) is 6.98. The maximum absolute atomic E-state index is 13.7. The van der Waals surface area contributed by atoms with Crippen molar-refractivity contribution in [2.45, 2.75) is 42.9 Å². The van der Waals surface area contributed by atoms with Gasteiger partial charge in [-0.25, -0.2) is 4.98 Å². The van der Waals surface area contributed by atoms with Crippen molar-refractivity contribution in [3.63, 3.8) is 0 Å². The first kappa shape index (κ1) is 21.1. The molecule has 1 aliphatic carbocycles. The van der Waals surface area contributed by atoms with Crippen molar-refractivity contribution in [2.75, 3.05) is 0 Å². The summed E-state index contributed by atoms with van der Waals surface area (Å²) in [5.41, 5.74) is 2.41. The Balaban J connectivity index is 1.58. The zero-order valence-electron chi connectivity index (χ0n) is 16.7. The van der Waals surface area contributed by atoms with Gasteiger partial charge in [0.25, 0.3) is 5.56 Å². The molecule has 0 saturated carbocycles. The summed E-state index contributed by atoms with van der Waals surface area (Å²) in [5, 5.41) is 1.90. The van der Waals surface area contributed by atoms with Gasteiger partial charge in [0.15, 0.2) is 0 Å². The number of hydrogen-bond acceptors (Lipinski definition) is 4. The van der Waals surface area contributed by atoms with Gasteiger partial charge in [0.2, 0.25) is 0 Å². The molecule has 0 aliphatic heterocycles. The zero-order valence-corrected chi connectivity index (χ0v) is 19.9. The van der Waals surface area contributed by atoms with Crippen LogP contribution < -0.4 is 5.56 Å². The number of thioether (sulfide) groups is 1. The van der Waals surface area contributed by atoms with Gasteiger partial charge in [-0.15, -0.1) is 23.1 Å². The molecule has 0 bridgehead atoms. The van der Waals surface area contributed by atoms with Crippen LogP contribution in [0.1, 0.15) is 34.7 Å². The average molecular weight is 487 g/mol. The number of aryl methyl sites for hydroxylation is 2. The van der Waals surface area contributed by atoms with Crippen LogP contribution in [0.5, 0.6) is 0 Å². The Morgan fingerprint density at radius 2 is 1.84 bits per heavy atom. The van der Waals surface area contributed by atoms with E-state index in [4.69, 9.17) is 28.2 Å². The van der Waals surface area contributed by atoms with E-state index in [1.807, 2.05) is 34.9 Å². The third-order valence-corrected chi connectivity index (χ3v) is 8.51. The van der Waals surface area contributed by atoms with Crippen molar-refractivity contribution in [3.05, 3.63) is 90.8 Å². The Morgan fingerprint density at radius 1 is 1.03 bits per heavy atom. The number of thiophene rings is 1. The highest BCUT2D eigenvalue weighted by Crippen LogP contribution is 2.35. The van der Waals surface area contributed by atoms with Gasteiger partial charge in [0, 0.05) is 9.77 Å². The van der Waals surface area contributed by atoms with E-state index in [0.29, 0.717) is 22.3 Å². The quantitative estimate of drug-likeness (QED) is 0.285. The van der Waals surface area contributed by atoms with E-state index in [2.05, 4.69) is 12.1 Å². The molecule has 7 heteroatoms. The van der Waals surface area contributed by atoms with E-state index in [-0.39, 0.29) is 5.56 Å². The number of rotatable bonds is 5. The second kappa shape index (κ2) is 8.99. The molecule has 3 nitrogen and oxygen atoms in total. The largest absolute Gasteiger partial charge is 0.291 e. The van der Waals surface area contributed by atoms with Gasteiger partial charge in [0.05, 0.1) is 27.7 Å². The van der Waals surface area contributed by atoms with Crippen LogP contribution in [-0.4, -0.2) is 9.55 Å². The number of fused-ring (bicyclic) bond motifs is 3. The molecule has 5 rings (SSSR count). The van der Waals surface area contributed by atoms with Crippen molar-refractivity contribution in [1.82, 2.24) is 9.55 Å². The maximum Gasteiger partial charge on any atom is 0.262 e. The molecular weight excluding hydrogens is 467 g/mol. The van der Waals surface area contributed by atoms with Crippen molar-refractivity contribution < 1.29 is 0 Å². The zero-order chi connectivity index (χ0) is 21.4. The average Bonchev–Trinajstić information content (AvgIpc) is 3.16. The summed E-state index contributed by atoms with van der Waals surface area (Å²) in [5.74, 6) is 1.37. The number of hydrogen-bond donors (Lipinski definition) is 0. The fourth-order valence-electron chi connectivity index (χ4n) is 4.03. The lowest BCUT2D eigenvalue weighted by Gasteiger charge is -2.14. The van der Waals surface area contributed by atoms with Crippen LogP contribution >= 0.6 is 46.3 Å². The summed E-state index contributed by atoms with van der Waals surface area (Å²) in [4.78, 5) is 21.9. The van der Waals surface area contributed by atoms with E-state index in [0.717, 1.165) is 45.8 Å². The minimum absolute atomic E-state index is 0.0815. The monoisotopic (exact) mass is 486 g/mol. The highest BCUT2D eigenvalue weighted by atomic mass is 35.5. The summed E-state index contributed by atoms with van der Waals surface area (Å²) in [6.07, 6.45) is 4.38. The molecule has 0 fully saturated rings. The van der Waals surface area contributed by atoms with E-state index in [9.17, 15) is 4.79 Å². The molecule has 0 spiro atoms. The number of nitrogens with zero attached hydrogens (tertiary/aromatic N) is 2. The molecular formula is C24H20Cl2N2OS2. The molecule has 0 unspecified atom stereocenters. The van der Waals surface area contributed by atoms with E-state index in [1.165, 1.54) is 16.9 Å². The first-order chi connectivity index (χ1) is 15.1. The summed E-state index contributed by atoms with van der Waals surface area (Å²) in [6, 6.07) is 15.7. The molecule has 2 aromatic heterocycles. The van der Waals surface area contributed by atoms with Crippen LogP contribution in [0.25, 0.3) is 10.2 Å². The summed E-state index contributed by atoms with van der Waals surface area (Å²) < 4.78 is 1.85. The Labute approximate surface area is 199 Å². The van der Waals surface area contributed by atoms with Crippen molar-refractivity contribution in [2.24, 2.45) is 0 Å². The topological polar surface area (TPSA) is 34.9 Å². The van der Waals surface area contributed by atoms with Gasteiger partial charge in [-0.1, -0.05) is 53.5 Å². The maximum atomic E-state index is 13.7. The summed E-state index contributed by atoms with van der Waals surface area (Å²) in [7, 11) is 0. The smallest absolute Gasteiger partial charge is 0.262 e. The van der Waals surface area contributed by atoms with Gasteiger partial charge in [0.1, 0.15) is 10.7 Å². The SMILES string of the molecule is O=c1c2c3c(sc2nc(CSc2ccc(Cl)c(Cl)c2)n1Cc1ccccc1)CCCC3. The summed E-state index contributed by atoms with van der Waals surface area (Å²) >= 11 is 15.5. The van der Waals surface area contributed by atoms with Gasteiger partial charge >= 0.3 is 0 Å². The molecule has 4 aromatic rings. The first-order valence-electron chi connectivity index (χ1n) is 10.3. The predicted molar refractivity (Wildman–Crippen MR) is 132 cm³/mol. The van der Waals surface area contributed by atoms with Crippen LogP contribution in [-0.2, 0) is 25.1 Å². The van der Waals surface area contributed by atoms with Gasteiger partial charge < -0.3 is 0 Å². The van der Waals surface area contributed by atoms with Gasteiger partial charge in [-0.3, -0.25) is 9.36 Å². The molecule has 2 heterocycles. The van der Waals surface area contributed by atoms with Gasteiger partial charge in [-0.2, -0.15) is 0 Å². The Hall–Kier alpha value is -1.79. The molecule has 0 amide bonds. The molecule has 0 N–H and O–H groups in total. The fourth-order valence-corrected chi connectivity index (χ4v) is 6.55. The molecule has 0 atom stereocenters. The minimum Gasteiger partial charge on any atom is -0.291 e. The van der Waals surface area contributed by atoms with Crippen LogP contribution in [0.15, 0.2) is 58.2 Å². The van der Waals surface area contributed by atoms with E-state index >= 15 is 0 Å². The Bertz CT molecular complexity index is 1310. The molecule has 0 radical (unpaired) electrons. The Morgan fingerprint density at radius 3 is 2.65 bits per heavy atom. The lowest BCUT2D eigenvalue weighted by Crippen LogP contribution is -2.26. The van der Waals surface area contributed by atoms with Crippen LogP contribution in [0.4, 0.5) is 0 Å². The van der Waals surface area contributed by atoms with Gasteiger partial charge in [-0.05, 0) is 55.0 Å². The molecule has 158 valence electrons. The van der Waals surface area contributed by atoms with Crippen molar-refractivity contribution in [1.29, 1.82) is 0 Å². The number of halogens is 2. The summed E-state index contributed by atoms with van der Waals surface area (Å²) in [6.45, 7) is 0.518. The molecule has 2 aromatic carbocycles. The molecule has 1 aliphatic rings. The fraction of sp³-hybridized carbons (Fsp3) is 0.250. The van der Waals surface area contributed by atoms with Crippen LogP contribution in [0.2, 0.25) is 10.0 Å². The highest BCUT2D eigenvalue weighted by molar-refractivity contribution is 7.98. The normalized spacial score (nSPS) is 13.5. The van der Waals surface area contributed by atoms with E-state index in [1.54, 1.807) is 29.2 Å². The minimum atomic E-state index is 0.0815. The van der Waals surface area contributed by atoms with Crippen LogP contribution in [0, 0.1) is 0 Å². The second-order valence-electron chi connectivity index (χ2n) is 7.66. The van der Waals surface area contributed by atoms with Crippen LogP contribution in [0.3, 0.4) is 0 Å². The standard InChI is InChI=1S/C24H20Cl2N2OS2/c25-18-11-10-16(12-19(18)26)30-14-21-27-23-22(17-8-4-5-9-20(17)31-23)24(29)28(21)13-15-6-2-1-3-7-15/h1-3,6-7,10-12H,4-5,8-9,13-14H2. The number of aromatic nitrogens is 2. The first-order valence-corrected chi connectivity index (χ1v) is 12.8. The second-order valence-corrected chi connectivity index (χ2v) is 10.6. The van der Waals surface area contributed by atoms with Crippen molar-refractivity contribution in [3.8, 4) is 0 Å². The molecule has 0 saturated heterocycles. The van der Waals surface area contributed by atoms with Crippen molar-refractivity contribution >= 4 is 56.5 Å². The lowest BCUT2D eigenvalue weighted by atomic mass is 9.97. The lowest BCUT2D eigenvalue weighted by molar-refractivity contribution is 0.691. The molecule has 31 heavy (non-hydrogen) atoms. The third-order valence-electron chi connectivity index (χ3n) is 5.60.